The molecule has 0 saturated heterocycles. The summed E-state index contributed by atoms with van der Waals surface area (Å²) in [6, 6.07) is 3.20. The fourth-order valence-electron chi connectivity index (χ4n) is 2.22. The molecule has 134 valence electrons. The van der Waals surface area contributed by atoms with Gasteiger partial charge in [0.2, 0.25) is 16.0 Å². The fourth-order valence-corrected chi connectivity index (χ4v) is 3.68. The number of sulfonamides is 1. The standard InChI is InChI=1S/C15H25N5O3S/c1-6-19(7-2)24(21,22)12-8-9-13-17-18-14(20(13)10-12)16-11-15(3,4)23-5/h8-10H,6-7,11H2,1-5H3,(H,16,18). The van der Waals surface area contributed by atoms with Gasteiger partial charge in [0.25, 0.3) is 0 Å². The van der Waals surface area contributed by atoms with Crippen LogP contribution in [-0.2, 0) is 14.8 Å². The van der Waals surface area contributed by atoms with Gasteiger partial charge in [-0.2, -0.15) is 4.31 Å². The van der Waals surface area contributed by atoms with Crippen molar-refractivity contribution >= 4 is 21.6 Å². The molecule has 0 fully saturated rings. The van der Waals surface area contributed by atoms with Gasteiger partial charge in [-0.1, -0.05) is 13.8 Å². The Bertz CT molecular complexity index is 797. The van der Waals surface area contributed by atoms with Gasteiger partial charge in [0.1, 0.15) is 0 Å². The molecule has 2 rings (SSSR count). The van der Waals surface area contributed by atoms with E-state index in [1.807, 2.05) is 27.7 Å². The van der Waals surface area contributed by atoms with E-state index in [0.29, 0.717) is 31.2 Å². The van der Waals surface area contributed by atoms with Gasteiger partial charge in [-0.15, -0.1) is 10.2 Å². The van der Waals surface area contributed by atoms with E-state index in [9.17, 15) is 8.42 Å². The smallest absolute Gasteiger partial charge is 0.244 e. The summed E-state index contributed by atoms with van der Waals surface area (Å²) in [7, 11) is -1.89. The first-order valence-corrected chi connectivity index (χ1v) is 9.33. The van der Waals surface area contributed by atoms with Crippen LogP contribution in [0, 0.1) is 0 Å². The van der Waals surface area contributed by atoms with Gasteiger partial charge in [-0.05, 0) is 26.0 Å². The Morgan fingerprint density at radius 1 is 1.25 bits per heavy atom. The Labute approximate surface area is 142 Å². The number of anilines is 1. The average Bonchev–Trinajstić information content (AvgIpc) is 2.96. The summed E-state index contributed by atoms with van der Waals surface area (Å²) >= 11 is 0. The van der Waals surface area contributed by atoms with E-state index in [-0.39, 0.29) is 10.5 Å². The van der Waals surface area contributed by atoms with Crippen LogP contribution < -0.4 is 5.32 Å². The molecule has 0 spiro atoms. The van der Waals surface area contributed by atoms with E-state index < -0.39 is 10.0 Å². The lowest BCUT2D eigenvalue weighted by molar-refractivity contribution is 0.0342. The van der Waals surface area contributed by atoms with Gasteiger partial charge in [0.15, 0.2) is 5.65 Å². The summed E-state index contributed by atoms with van der Waals surface area (Å²) < 4.78 is 33.8. The van der Waals surface area contributed by atoms with E-state index >= 15 is 0 Å². The zero-order valence-corrected chi connectivity index (χ0v) is 15.6. The zero-order chi connectivity index (χ0) is 18.0. The molecule has 0 radical (unpaired) electrons. The first kappa shape index (κ1) is 18.6. The molecule has 0 aliphatic rings. The number of fused-ring (bicyclic) bond motifs is 1. The van der Waals surface area contributed by atoms with Crippen molar-refractivity contribution in [2.24, 2.45) is 0 Å². The molecule has 0 unspecified atom stereocenters. The van der Waals surface area contributed by atoms with Crippen LogP contribution >= 0.6 is 0 Å². The summed E-state index contributed by atoms with van der Waals surface area (Å²) in [5, 5.41) is 11.3. The third kappa shape index (κ3) is 3.68. The minimum Gasteiger partial charge on any atom is -0.377 e. The number of pyridine rings is 1. The molecule has 0 saturated carbocycles. The molecule has 8 nitrogen and oxygen atoms in total. The Morgan fingerprint density at radius 3 is 2.50 bits per heavy atom. The molecule has 2 aromatic rings. The van der Waals surface area contributed by atoms with Crippen LogP contribution in [-0.4, -0.2) is 59.7 Å². The largest absolute Gasteiger partial charge is 0.377 e. The van der Waals surface area contributed by atoms with Crippen molar-refractivity contribution in [1.29, 1.82) is 0 Å². The second kappa shape index (κ2) is 7.04. The summed E-state index contributed by atoms with van der Waals surface area (Å²) in [6.45, 7) is 8.88. The topological polar surface area (TPSA) is 88.8 Å². The number of methoxy groups -OCH3 is 1. The Balaban J connectivity index is 2.38. The van der Waals surface area contributed by atoms with Gasteiger partial charge in [-0.3, -0.25) is 4.40 Å². The number of aromatic nitrogens is 3. The number of nitrogens with one attached hydrogen (secondary N) is 1. The molecule has 0 aliphatic heterocycles. The van der Waals surface area contributed by atoms with Crippen LogP contribution in [0.2, 0.25) is 0 Å². The molecule has 0 aromatic carbocycles. The number of hydrogen-bond donors (Lipinski definition) is 1. The number of rotatable bonds is 8. The van der Waals surface area contributed by atoms with Crippen molar-refractivity contribution < 1.29 is 13.2 Å². The minimum absolute atomic E-state index is 0.215. The van der Waals surface area contributed by atoms with Crippen molar-refractivity contribution in [1.82, 2.24) is 18.9 Å². The zero-order valence-electron chi connectivity index (χ0n) is 14.8. The molecule has 0 aliphatic carbocycles. The monoisotopic (exact) mass is 355 g/mol. The lowest BCUT2D eigenvalue weighted by atomic mass is 10.1. The Kier molecular flexibility index (Phi) is 5.46. The average molecular weight is 355 g/mol. The molecule has 2 aromatic heterocycles. The minimum atomic E-state index is -3.53. The predicted molar refractivity (Wildman–Crippen MR) is 92.7 cm³/mol. The van der Waals surface area contributed by atoms with Crippen LogP contribution in [0.4, 0.5) is 5.95 Å². The van der Waals surface area contributed by atoms with Crippen molar-refractivity contribution in [3.8, 4) is 0 Å². The molecule has 0 atom stereocenters. The van der Waals surface area contributed by atoms with E-state index in [0.717, 1.165) is 0 Å². The maximum Gasteiger partial charge on any atom is 0.244 e. The molecule has 24 heavy (non-hydrogen) atoms. The molecule has 1 N–H and O–H groups in total. The Morgan fingerprint density at radius 2 is 1.92 bits per heavy atom. The summed E-state index contributed by atoms with van der Waals surface area (Å²) in [4.78, 5) is 0.215. The second-order valence-corrected chi connectivity index (χ2v) is 7.96. The summed E-state index contributed by atoms with van der Waals surface area (Å²) in [5.41, 5.74) is 0.197. The van der Waals surface area contributed by atoms with Gasteiger partial charge in [-0.25, -0.2) is 8.42 Å². The van der Waals surface area contributed by atoms with E-state index in [4.69, 9.17) is 4.74 Å². The van der Waals surface area contributed by atoms with E-state index in [1.165, 1.54) is 4.31 Å². The first-order chi connectivity index (χ1) is 11.2. The SMILES string of the molecule is CCN(CC)S(=O)(=O)c1ccc2nnc(NCC(C)(C)OC)n2c1. The van der Waals surface area contributed by atoms with E-state index in [1.54, 1.807) is 29.8 Å². The molecule has 9 heteroatoms. The van der Waals surface area contributed by atoms with Crippen molar-refractivity contribution in [2.75, 3.05) is 32.1 Å². The van der Waals surface area contributed by atoms with Gasteiger partial charge in [0.05, 0.1) is 10.5 Å². The maximum atomic E-state index is 12.7. The van der Waals surface area contributed by atoms with E-state index in [2.05, 4.69) is 15.5 Å². The third-order valence-corrected chi connectivity index (χ3v) is 5.98. The van der Waals surface area contributed by atoms with Crippen LogP contribution in [0.25, 0.3) is 5.65 Å². The Hall–Kier alpha value is -1.71. The van der Waals surface area contributed by atoms with Crippen LogP contribution in [0.1, 0.15) is 27.7 Å². The number of hydrogen-bond acceptors (Lipinski definition) is 6. The molecular formula is C15H25N5O3S. The van der Waals surface area contributed by atoms with Crippen molar-refractivity contribution in [2.45, 2.75) is 38.2 Å². The highest BCUT2D eigenvalue weighted by atomic mass is 32.2. The molecule has 2 heterocycles. The van der Waals surface area contributed by atoms with Crippen LogP contribution in [0.15, 0.2) is 23.2 Å². The number of nitrogens with zero attached hydrogens (tertiary/aromatic N) is 4. The predicted octanol–water partition coefficient (Wildman–Crippen LogP) is 1.60. The van der Waals surface area contributed by atoms with Crippen molar-refractivity contribution in [3.05, 3.63) is 18.3 Å². The molecule has 0 amide bonds. The summed E-state index contributed by atoms with van der Waals surface area (Å²) in [6.07, 6.45) is 1.55. The first-order valence-electron chi connectivity index (χ1n) is 7.89. The molecule has 0 bridgehead atoms. The third-order valence-electron chi connectivity index (χ3n) is 3.94. The maximum absolute atomic E-state index is 12.7. The van der Waals surface area contributed by atoms with Gasteiger partial charge >= 0.3 is 0 Å². The highest BCUT2D eigenvalue weighted by molar-refractivity contribution is 7.89. The van der Waals surface area contributed by atoms with Crippen LogP contribution in [0.5, 0.6) is 0 Å². The normalized spacial score (nSPS) is 12.9. The van der Waals surface area contributed by atoms with Gasteiger partial charge in [0, 0.05) is 32.9 Å². The fraction of sp³-hybridized carbons (Fsp3) is 0.600. The van der Waals surface area contributed by atoms with Gasteiger partial charge < -0.3 is 10.1 Å². The van der Waals surface area contributed by atoms with Crippen LogP contribution in [0.3, 0.4) is 0 Å². The second-order valence-electron chi connectivity index (χ2n) is 6.02. The molecular weight excluding hydrogens is 330 g/mol. The lowest BCUT2D eigenvalue weighted by Gasteiger charge is -2.23. The quantitative estimate of drug-likeness (QED) is 0.774. The lowest BCUT2D eigenvalue weighted by Crippen LogP contribution is -2.32. The number of ether oxygens (including phenoxy) is 1. The highest BCUT2D eigenvalue weighted by Crippen LogP contribution is 2.19. The highest BCUT2D eigenvalue weighted by Gasteiger charge is 2.23. The van der Waals surface area contributed by atoms with Crippen molar-refractivity contribution in [3.63, 3.8) is 0 Å². The summed E-state index contributed by atoms with van der Waals surface area (Å²) in [5.74, 6) is 0.478.